The molecule has 3 rings (SSSR count). The van der Waals surface area contributed by atoms with Crippen LogP contribution in [0, 0.1) is 20.8 Å². The summed E-state index contributed by atoms with van der Waals surface area (Å²) < 4.78 is 15.9. The van der Waals surface area contributed by atoms with Crippen LogP contribution in [-0.2, 0) is 0 Å². The third kappa shape index (κ3) is 9.20. The Bertz CT molecular complexity index is 1370. The van der Waals surface area contributed by atoms with Crippen molar-refractivity contribution in [2.45, 2.75) is 20.8 Å². The van der Waals surface area contributed by atoms with Gasteiger partial charge in [0.05, 0.1) is 0 Å². The van der Waals surface area contributed by atoms with Gasteiger partial charge in [-0.1, -0.05) is 0 Å². The summed E-state index contributed by atoms with van der Waals surface area (Å²) in [6.07, 6.45) is 0. The maximum atomic E-state index is 12.4. The minimum atomic E-state index is -0.564. The van der Waals surface area contributed by atoms with Crippen molar-refractivity contribution in [3.8, 4) is 0 Å². The molecule has 0 bridgehead atoms. The largest absolute Gasteiger partial charge is 0.456 e. The van der Waals surface area contributed by atoms with Crippen LogP contribution in [0.4, 0.5) is 0 Å². The van der Waals surface area contributed by atoms with Crippen LogP contribution in [0.1, 0.15) is 48.9 Å². The zero-order chi connectivity index (χ0) is 29.2. The Morgan fingerprint density at radius 1 is 0.550 bits per heavy atom. The molecule has 0 aliphatic carbocycles. The maximum Gasteiger partial charge on any atom is 0.287 e. The molecule has 0 aliphatic heterocycles. The number of hydrogen-bond acceptors (Lipinski definition) is 10. The molecular formula is C27H30N4O9. The van der Waals surface area contributed by atoms with Crippen LogP contribution < -0.4 is 32.2 Å². The third-order valence-electron chi connectivity index (χ3n) is 5.48. The van der Waals surface area contributed by atoms with E-state index in [1.54, 1.807) is 20.8 Å². The highest BCUT2D eigenvalue weighted by molar-refractivity contribution is 5.92. The van der Waals surface area contributed by atoms with Gasteiger partial charge in [0.25, 0.3) is 17.7 Å². The van der Waals surface area contributed by atoms with Gasteiger partial charge in [-0.3, -0.25) is 33.7 Å². The highest BCUT2D eigenvalue weighted by Gasteiger charge is 2.15. The topological polar surface area (TPSA) is 181 Å². The van der Waals surface area contributed by atoms with E-state index in [4.69, 9.17) is 13.3 Å². The number of aryl methyl sites for hydroxylation is 3. The number of carbonyl (C=O) groups excluding carboxylic acids is 3. The Kier molecular flexibility index (Phi) is 10.3. The first kappa shape index (κ1) is 29.8. The molecule has 0 fully saturated rings. The van der Waals surface area contributed by atoms with Crippen LogP contribution in [0.15, 0.2) is 64.0 Å². The van der Waals surface area contributed by atoms with E-state index in [-0.39, 0.29) is 53.2 Å². The fourth-order valence-electron chi connectivity index (χ4n) is 3.73. The van der Waals surface area contributed by atoms with E-state index in [9.17, 15) is 28.8 Å². The number of nitrogens with zero attached hydrogens (tertiary/aromatic N) is 1. The number of rotatable bonds is 12. The van der Waals surface area contributed by atoms with Crippen LogP contribution >= 0.6 is 0 Å². The lowest BCUT2D eigenvalue weighted by molar-refractivity contribution is 0.0915. The molecule has 0 saturated carbocycles. The molecule has 3 aromatic rings. The molecule has 0 unspecified atom stereocenters. The van der Waals surface area contributed by atoms with Gasteiger partial charge < -0.3 is 29.2 Å². The lowest BCUT2D eigenvalue weighted by Crippen LogP contribution is -2.43. The standard InChI is InChI=1S/C27H30N4O9/c1-16-10-19(32)13-22(38-16)25(35)28-4-7-31(8-5-29-26(36)23-14-20(33)11-17(2)39-23)9-6-30-27(37)24-15-21(34)12-18(3)40-24/h10-15H,4-9H2,1-3H3,(H,28,35)(H,29,36)(H,30,37). The molecule has 212 valence electrons. The third-order valence-corrected chi connectivity index (χ3v) is 5.48. The Morgan fingerprint density at radius 2 is 0.825 bits per heavy atom. The van der Waals surface area contributed by atoms with Crippen molar-refractivity contribution in [3.05, 3.63) is 102 Å². The van der Waals surface area contributed by atoms with E-state index in [0.717, 1.165) is 18.2 Å². The van der Waals surface area contributed by atoms with Crippen LogP contribution in [0.2, 0.25) is 0 Å². The van der Waals surface area contributed by atoms with Crippen molar-refractivity contribution in [1.29, 1.82) is 0 Å². The van der Waals surface area contributed by atoms with Gasteiger partial charge in [0.1, 0.15) is 17.3 Å². The van der Waals surface area contributed by atoms with Crippen LogP contribution in [0.3, 0.4) is 0 Å². The summed E-state index contributed by atoms with van der Waals surface area (Å²) in [5.74, 6) is -1.12. The second-order valence-electron chi connectivity index (χ2n) is 8.91. The summed E-state index contributed by atoms with van der Waals surface area (Å²) in [6.45, 7) is 6.12. The average molecular weight is 555 g/mol. The van der Waals surface area contributed by atoms with Gasteiger partial charge >= 0.3 is 0 Å². The van der Waals surface area contributed by atoms with E-state index in [1.807, 2.05) is 4.90 Å². The van der Waals surface area contributed by atoms with Crippen LogP contribution in [-0.4, -0.2) is 61.9 Å². The molecule has 40 heavy (non-hydrogen) atoms. The lowest BCUT2D eigenvalue weighted by atomic mass is 10.3. The fourth-order valence-corrected chi connectivity index (χ4v) is 3.73. The second-order valence-corrected chi connectivity index (χ2v) is 8.91. The summed E-state index contributed by atoms with van der Waals surface area (Å²) in [4.78, 5) is 74.1. The molecule has 13 nitrogen and oxygen atoms in total. The zero-order valence-electron chi connectivity index (χ0n) is 22.3. The summed E-state index contributed by atoms with van der Waals surface area (Å²) in [7, 11) is 0. The van der Waals surface area contributed by atoms with E-state index in [1.165, 1.54) is 18.2 Å². The number of amides is 3. The van der Waals surface area contributed by atoms with Crippen molar-refractivity contribution in [3.63, 3.8) is 0 Å². The molecule has 3 amide bonds. The SMILES string of the molecule is Cc1cc(=O)cc(C(=O)NCCN(CCNC(=O)c2cc(=O)cc(C)o2)CCNC(=O)c2cc(=O)cc(C)o2)o1. The number of hydrogen-bond donors (Lipinski definition) is 3. The van der Waals surface area contributed by atoms with Crippen LogP contribution in [0.25, 0.3) is 0 Å². The molecule has 0 radical (unpaired) electrons. The predicted molar refractivity (Wildman–Crippen MR) is 143 cm³/mol. The van der Waals surface area contributed by atoms with Crippen molar-refractivity contribution < 1.29 is 27.6 Å². The van der Waals surface area contributed by atoms with Gasteiger partial charge in [-0.25, -0.2) is 0 Å². The van der Waals surface area contributed by atoms with Gasteiger partial charge in [-0.2, -0.15) is 0 Å². The van der Waals surface area contributed by atoms with Crippen molar-refractivity contribution in [2.75, 3.05) is 39.3 Å². The first-order chi connectivity index (χ1) is 19.0. The molecule has 3 heterocycles. The molecule has 0 atom stereocenters. The molecule has 0 aromatic carbocycles. The normalized spacial score (nSPS) is 10.8. The molecule has 0 spiro atoms. The second kappa shape index (κ2) is 13.8. The molecule has 3 aromatic heterocycles. The zero-order valence-corrected chi connectivity index (χ0v) is 22.3. The van der Waals surface area contributed by atoms with Gasteiger partial charge in [-0.15, -0.1) is 0 Å². The summed E-state index contributed by atoms with van der Waals surface area (Å²) in [5.41, 5.74) is -1.05. The molecule has 0 saturated heterocycles. The van der Waals surface area contributed by atoms with E-state index < -0.39 is 17.7 Å². The Balaban J connectivity index is 1.58. The molecule has 13 heteroatoms. The van der Waals surface area contributed by atoms with E-state index >= 15 is 0 Å². The van der Waals surface area contributed by atoms with Crippen molar-refractivity contribution in [2.24, 2.45) is 0 Å². The monoisotopic (exact) mass is 554 g/mol. The molecule has 0 aliphatic rings. The van der Waals surface area contributed by atoms with Gasteiger partial charge in [0, 0.05) is 75.7 Å². The summed E-state index contributed by atoms with van der Waals surface area (Å²) in [5, 5.41) is 8.01. The maximum absolute atomic E-state index is 12.4. The minimum Gasteiger partial charge on any atom is -0.456 e. The van der Waals surface area contributed by atoms with E-state index in [2.05, 4.69) is 16.0 Å². The highest BCUT2D eigenvalue weighted by Crippen LogP contribution is 2.02. The van der Waals surface area contributed by atoms with Gasteiger partial charge in [0.2, 0.25) is 0 Å². The fraction of sp³-hybridized carbons (Fsp3) is 0.333. The van der Waals surface area contributed by atoms with Crippen molar-refractivity contribution >= 4 is 17.7 Å². The minimum absolute atomic E-state index is 0.115. The highest BCUT2D eigenvalue weighted by atomic mass is 16.4. The smallest absolute Gasteiger partial charge is 0.287 e. The van der Waals surface area contributed by atoms with E-state index in [0.29, 0.717) is 36.9 Å². The van der Waals surface area contributed by atoms with Crippen molar-refractivity contribution in [1.82, 2.24) is 20.9 Å². The number of carbonyl (C=O) groups is 3. The lowest BCUT2D eigenvalue weighted by Gasteiger charge is -2.22. The summed E-state index contributed by atoms with van der Waals surface area (Å²) >= 11 is 0. The van der Waals surface area contributed by atoms with Gasteiger partial charge in [-0.05, 0) is 20.8 Å². The molecule has 3 N–H and O–H groups in total. The Morgan fingerprint density at radius 3 is 1.07 bits per heavy atom. The Hall–Kier alpha value is -4.78. The summed E-state index contributed by atoms with van der Waals surface area (Å²) in [6, 6.07) is 7.09. The van der Waals surface area contributed by atoms with Gasteiger partial charge in [0.15, 0.2) is 33.6 Å². The Labute approximate surface area is 228 Å². The molecular weight excluding hydrogens is 524 g/mol. The number of nitrogens with one attached hydrogen (secondary N) is 3. The van der Waals surface area contributed by atoms with Crippen LogP contribution in [0.5, 0.6) is 0 Å². The quantitative estimate of drug-likeness (QED) is 0.283. The first-order valence-corrected chi connectivity index (χ1v) is 12.4. The first-order valence-electron chi connectivity index (χ1n) is 12.4. The average Bonchev–Trinajstić information content (AvgIpc) is 2.86. The predicted octanol–water partition coefficient (Wildman–Crippen LogP) is 0.363.